The minimum Gasteiger partial charge on any atom is -0.444 e. The number of ether oxygens (including phenoxy) is 1. The first-order chi connectivity index (χ1) is 16.1. The number of carbonyl (C=O) groups excluding carboxylic acids is 1. The Morgan fingerprint density at radius 3 is 2.39 bits per heavy atom. The second-order valence-electron chi connectivity index (χ2n) is 8.15. The Morgan fingerprint density at radius 1 is 0.970 bits per heavy atom. The molecule has 0 saturated carbocycles. The number of hydrogen-bond donors (Lipinski definition) is 0. The van der Waals surface area contributed by atoms with Gasteiger partial charge in [-0.1, -0.05) is 72.8 Å². The van der Waals surface area contributed by atoms with Gasteiger partial charge in [-0.15, -0.1) is 0 Å². The van der Waals surface area contributed by atoms with E-state index in [-0.39, 0.29) is 30.6 Å². The number of carbonyl (C=O) groups is 1. The fourth-order valence-electron chi connectivity index (χ4n) is 4.16. The van der Waals surface area contributed by atoms with Gasteiger partial charge in [0.25, 0.3) is 0 Å². The normalized spacial score (nSPS) is 14.6. The molecule has 6 heteroatoms. The topological polar surface area (TPSA) is 63.0 Å². The van der Waals surface area contributed by atoms with Crippen LogP contribution in [0, 0.1) is 0 Å². The SMILES string of the molecule is CC(c1ccccc1)N1Cc2c(oc3ccccc3c2=O)N(C(=O)OCc2ccccc2)C1. The molecule has 0 spiro atoms. The van der Waals surface area contributed by atoms with Crippen molar-refractivity contribution in [1.29, 1.82) is 0 Å². The van der Waals surface area contributed by atoms with Crippen LogP contribution in [0.25, 0.3) is 11.0 Å². The molecule has 2 heterocycles. The van der Waals surface area contributed by atoms with E-state index in [2.05, 4.69) is 11.8 Å². The van der Waals surface area contributed by atoms with E-state index in [1.807, 2.05) is 72.8 Å². The quantitative estimate of drug-likeness (QED) is 0.421. The van der Waals surface area contributed by atoms with Crippen molar-refractivity contribution in [1.82, 2.24) is 4.90 Å². The smallest absolute Gasteiger partial charge is 0.418 e. The van der Waals surface area contributed by atoms with Crippen LogP contribution >= 0.6 is 0 Å². The van der Waals surface area contributed by atoms with E-state index in [0.717, 1.165) is 11.1 Å². The van der Waals surface area contributed by atoms with E-state index in [1.54, 1.807) is 12.1 Å². The summed E-state index contributed by atoms with van der Waals surface area (Å²) in [6.45, 7) is 2.83. The van der Waals surface area contributed by atoms with Crippen molar-refractivity contribution in [3.05, 3.63) is 112 Å². The molecule has 0 fully saturated rings. The molecule has 5 rings (SSSR count). The number of benzene rings is 3. The van der Waals surface area contributed by atoms with Crippen LogP contribution in [0.15, 0.2) is 94.1 Å². The highest BCUT2D eigenvalue weighted by atomic mass is 16.6. The van der Waals surface area contributed by atoms with Crippen molar-refractivity contribution < 1.29 is 13.9 Å². The highest BCUT2D eigenvalue weighted by molar-refractivity contribution is 5.89. The lowest BCUT2D eigenvalue weighted by molar-refractivity contribution is 0.128. The minimum atomic E-state index is -0.552. The average Bonchev–Trinajstić information content (AvgIpc) is 2.88. The van der Waals surface area contributed by atoms with Crippen LogP contribution in [0.2, 0.25) is 0 Å². The van der Waals surface area contributed by atoms with Gasteiger partial charge >= 0.3 is 6.09 Å². The largest absolute Gasteiger partial charge is 0.444 e. The van der Waals surface area contributed by atoms with Crippen molar-refractivity contribution in [2.75, 3.05) is 11.6 Å². The Balaban J connectivity index is 1.52. The number of nitrogens with zero attached hydrogens (tertiary/aromatic N) is 2. The Morgan fingerprint density at radius 2 is 1.64 bits per heavy atom. The summed E-state index contributed by atoms with van der Waals surface area (Å²) < 4.78 is 11.7. The van der Waals surface area contributed by atoms with E-state index in [0.29, 0.717) is 23.1 Å². The van der Waals surface area contributed by atoms with Crippen LogP contribution in [-0.2, 0) is 17.9 Å². The third-order valence-corrected chi connectivity index (χ3v) is 6.06. The number of amides is 1. The van der Waals surface area contributed by atoms with E-state index in [1.165, 1.54) is 4.90 Å². The Bertz CT molecular complexity index is 1330. The van der Waals surface area contributed by atoms with Crippen LogP contribution in [-0.4, -0.2) is 17.7 Å². The zero-order valence-corrected chi connectivity index (χ0v) is 18.3. The van der Waals surface area contributed by atoms with Crippen LogP contribution in [0.3, 0.4) is 0 Å². The van der Waals surface area contributed by atoms with Crippen molar-refractivity contribution in [3.8, 4) is 0 Å². The van der Waals surface area contributed by atoms with Crippen LogP contribution in [0.4, 0.5) is 10.7 Å². The molecule has 1 amide bonds. The van der Waals surface area contributed by atoms with Gasteiger partial charge in [-0.05, 0) is 30.2 Å². The lowest BCUT2D eigenvalue weighted by Gasteiger charge is -2.38. The van der Waals surface area contributed by atoms with E-state index < -0.39 is 6.09 Å². The van der Waals surface area contributed by atoms with Gasteiger partial charge in [-0.25, -0.2) is 9.69 Å². The lowest BCUT2D eigenvalue weighted by atomic mass is 10.0. The van der Waals surface area contributed by atoms with Crippen LogP contribution in [0.1, 0.15) is 29.7 Å². The van der Waals surface area contributed by atoms with Gasteiger partial charge < -0.3 is 9.15 Å². The summed E-state index contributed by atoms with van der Waals surface area (Å²) in [5.41, 5.74) is 2.77. The second-order valence-corrected chi connectivity index (χ2v) is 8.15. The molecule has 4 aromatic rings. The van der Waals surface area contributed by atoms with E-state index >= 15 is 0 Å². The van der Waals surface area contributed by atoms with Crippen molar-refractivity contribution in [2.45, 2.75) is 26.1 Å². The average molecular weight is 440 g/mol. The number of para-hydroxylation sites is 1. The first-order valence-electron chi connectivity index (χ1n) is 10.9. The summed E-state index contributed by atoms with van der Waals surface area (Å²) in [4.78, 5) is 30.1. The molecule has 1 aromatic heterocycles. The van der Waals surface area contributed by atoms with Crippen LogP contribution in [0.5, 0.6) is 0 Å². The predicted molar refractivity (Wildman–Crippen MR) is 127 cm³/mol. The highest BCUT2D eigenvalue weighted by Crippen LogP contribution is 2.33. The number of fused-ring (bicyclic) bond motifs is 2. The molecule has 0 aliphatic carbocycles. The third kappa shape index (κ3) is 4.13. The molecule has 6 nitrogen and oxygen atoms in total. The number of rotatable bonds is 4. The molecular formula is C27H24N2O4. The van der Waals surface area contributed by atoms with Gasteiger partial charge in [0, 0.05) is 12.6 Å². The monoisotopic (exact) mass is 440 g/mol. The summed E-state index contributed by atoms with van der Waals surface area (Å²) in [6.07, 6.45) is -0.552. The lowest BCUT2D eigenvalue weighted by Crippen LogP contribution is -2.48. The zero-order valence-electron chi connectivity index (χ0n) is 18.3. The standard InChI is InChI=1S/C27H24N2O4/c1-19(21-12-6-3-7-13-21)28-16-23-25(30)22-14-8-9-15-24(22)33-26(23)29(18-28)27(31)32-17-20-10-4-2-5-11-20/h2-15,19H,16-18H2,1H3. The predicted octanol–water partition coefficient (Wildman–Crippen LogP) is 5.47. The summed E-state index contributed by atoms with van der Waals surface area (Å²) in [7, 11) is 0. The Labute approximate surface area is 191 Å². The molecule has 3 aromatic carbocycles. The van der Waals surface area contributed by atoms with Crippen LogP contribution < -0.4 is 10.3 Å². The fraction of sp³-hybridized carbons (Fsp3) is 0.185. The molecule has 33 heavy (non-hydrogen) atoms. The zero-order chi connectivity index (χ0) is 22.8. The summed E-state index contributed by atoms with van der Waals surface area (Å²) >= 11 is 0. The maximum absolute atomic E-state index is 13.4. The molecule has 1 atom stereocenters. The summed E-state index contributed by atoms with van der Waals surface area (Å²) in [6, 6.07) is 26.6. The summed E-state index contributed by atoms with van der Waals surface area (Å²) in [5.74, 6) is 0.258. The first kappa shape index (κ1) is 21.0. The van der Waals surface area contributed by atoms with Gasteiger partial charge in [-0.3, -0.25) is 9.69 Å². The van der Waals surface area contributed by atoms with Gasteiger partial charge in [0.1, 0.15) is 12.2 Å². The minimum absolute atomic E-state index is 0.0188. The first-order valence-corrected chi connectivity index (χ1v) is 10.9. The molecule has 1 aliphatic heterocycles. The van der Waals surface area contributed by atoms with Crippen molar-refractivity contribution in [2.24, 2.45) is 0 Å². The Hall–Kier alpha value is -3.90. The molecule has 0 radical (unpaired) electrons. The number of anilines is 1. The maximum atomic E-state index is 13.4. The van der Waals surface area contributed by atoms with E-state index in [9.17, 15) is 9.59 Å². The second kappa shape index (κ2) is 8.92. The fourth-order valence-corrected chi connectivity index (χ4v) is 4.16. The highest BCUT2D eigenvalue weighted by Gasteiger charge is 2.35. The third-order valence-electron chi connectivity index (χ3n) is 6.06. The van der Waals surface area contributed by atoms with Gasteiger partial charge in [0.2, 0.25) is 5.88 Å². The molecule has 1 unspecified atom stereocenters. The molecule has 0 bridgehead atoms. The van der Waals surface area contributed by atoms with Crippen molar-refractivity contribution in [3.63, 3.8) is 0 Å². The van der Waals surface area contributed by atoms with E-state index in [4.69, 9.17) is 9.15 Å². The summed E-state index contributed by atoms with van der Waals surface area (Å²) in [5, 5.41) is 0.503. The number of hydrogen-bond acceptors (Lipinski definition) is 5. The Kier molecular flexibility index (Phi) is 5.67. The molecule has 0 saturated heterocycles. The molecule has 0 N–H and O–H groups in total. The van der Waals surface area contributed by atoms with Gasteiger partial charge in [0.15, 0.2) is 5.43 Å². The van der Waals surface area contributed by atoms with Gasteiger partial charge in [0.05, 0.1) is 17.6 Å². The molecule has 166 valence electrons. The van der Waals surface area contributed by atoms with Crippen molar-refractivity contribution >= 4 is 22.9 Å². The molecular weight excluding hydrogens is 416 g/mol. The molecule has 1 aliphatic rings. The van der Waals surface area contributed by atoms with Gasteiger partial charge in [-0.2, -0.15) is 0 Å². The maximum Gasteiger partial charge on any atom is 0.418 e.